The minimum atomic E-state index is -0.849. The number of fused-ring (bicyclic) bond motifs is 3. The van der Waals surface area contributed by atoms with Gasteiger partial charge in [-0.25, -0.2) is 9.50 Å². The third-order valence-corrected chi connectivity index (χ3v) is 4.08. The quantitative estimate of drug-likeness (QED) is 0.821. The summed E-state index contributed by atoms with van der Waals surface area (Å²) >= 11 is 0. The molecule has 2 aromatic heterocycles. The predicted molar refractivity (Wildman–Crippen MR) is 64.0 cm³/mol. The minimum Gasteiger partial charge on any atom is -0.383 e. The van der Waals surface area contributed by atoms with Gasteiger partial charge in [0.05, 0.1) is 24.1 Å². The summed E-state index contributed by atoms with van der Waals surface area (Å²) in [4.78, 5) is 4.31. The van der Waals surface area contributed by atoms with Gasteiger partial charge in [-0.2, -0.15) is 5.10 Å². The van der Waals surface area contributed by atoms with Gasteiger partial charge in [0.15, 0.2) is 5.65 Å². The number of rotatable bonds is 1. The monoisotopic (exact) mass is 245 g/mol. The third kappa shape index (κ3) is 1.41. The van der Waals surface area contributed by atoms with Gasteiger partial charge in [-0.05, 0) is 25.0 Å². The fourth-order valence-corrected chi connectivity index (χ4v) is 3.27. The summed E-state index contributed by atoms with van der Waals surface area (Å²) in [7, 11) is 0. The van der Waals surface area contributed by atoms with Crippen LogP contribution in [0.4, 0.5) is 0 Å². The maximum atomic E-state index is 10.9. The van der Waals surface area contributed by atoms with Crippen molar-refractivity contribution in [3.8, 4) is 0 Å². The van der Waals surface area contributed by atoms with E-state index < -0.39 is 5.60 Å². The molecular weight excluding hydrogens is 230 g/mol. The average Bonchev–Trinajstić information content (AvgIpc) is 2.93. The average molecular weight is 245 g/mol. The highest BCUT2D eigenvalue weighted by Gasteiger charge is 2.46. The molecule has 4 rings (SSSR count). The standard InChI is InChI=1S/C13H15N3O2/c17-13(6-9-3-4-10(7-13)18-9)11-8-14-12-2-1-5-15-16(11)12/h1-2,5,8-10,17H,3-4,6-7H2. The second-order valence-electron chi connectivity index (χ2n) is 5.33. The van der Waals surface area contributed by atoms with Crippen molar-refractivity contribution in [1.29, 1.82) is 0 Å². The van der Waals surface area contributed by atoms with Crippen LogP contribution in [0.15, 0.2) is 24.5 Å². The van der Waals surface area contributed by atoms with Crippen molar-refractivity contribution in [2.75, 3.05) is 0 Å². The topological polar surface area (TPSA) is 59.7 Å². The Bertz CT molecular complexity index is 583. The lowest BCUT2D eigenvalue weighted by Crippen LogP contribution is -2.39. The van der Waals surface area contributed by atoms with Crippen molar-refractivity contribution >= 4 is 5.65 Å². The zero-order valence-electron chi connectivity index (χ0n) is 9.99. The first-order valence-electron chi connectivity index (χ1n) is 6.42. The van der Waals surface area contributed by atoms with E-state index >= 15 is 0 Å². The van der Waals surface area contributed by atoms with Gasteiger partial charge in [-0.1, -0.05) is 0 Å². The largest absolute Gasteiger partial charge is 0.383 e. The smallest absolute Gasteiger partial charge is 0.153 e. The molecule has 2 unspecified atom stereocenters. The van der Waals surface area contributed by atoms with Crippen LogP contribution in [0.5, 0.6) is 0 Å². The van der Waals surface area contributed by atoms with E-state index in [4.69, 9.17) is 4.74 Å². The summed E-state index contributed by atoms with van der Waals surface area (Å²) in [6.07, 6.45) is 7.23. The first kappa shape index (κ1) is 10.5. The first-order valence-corrected chi connectivity index (χ1v) is 6.42. The number of aromatic nitrogens is 3. The highest BCUT2D eigenvalue weighted by molar-refractivity contribution is 5.39. The molecule has 5 nitrogen and oxygen atoms in total. The highest BCUT2D eigenvalue weighted by atomic mass is 16.5. The molecular formula is C13H15N3O2. The second-order valence-corrected chi connectivity index (χ2v) is 5.33. The van der Waals surface area contributed by atoms with Gasteiger partial charge in [-0.15, -0.1) is 0 Å². The molecule has 5 heteroatoms. The fraction of sp³-hybridized carbons (Fsp3) is 0.538. The highest BCUT2D eigenvalue weighted by Crippen LogP contribution is 2.43. The Kier molecular flexibility index (Phi) is 2.05. The van der Waals surface area contributed by atoms with Crippen LogP contribution in [0, 0.1) is 0 Å². The van der Waals surface area contributed by atoms with E-state index in [1.165, 1.54) is 0 Å². The van der Waals surface area contributed by atoms with Crippen LogP contribution in [0.2, 0.25) is 0 Å². The van der Waals surface area contributed by atoms with E-state index in [0.717, 1.165) is 24.2 Å². The molecule has 1 N–H and O–H groups in total. The number of hydrogen-bond donors (Lipinski definition) is 1. The van der Waals surface area contributed by atoms with Crippen LogP contribution in [0.25, 0.3) is 5.65 Å². The third-order valence-electron chi connectivity index (χ3n) is 4.08. The van der Waals surface area contributed by atoms with Gasteiger partial charge < -0.3 is 9.84 Å². The Morgan fingerprint density at radius 2 is 2.11 bits per heavy atom. The lowest BCUT2D eigenvalue weighted by Gasteiger charge is -2.35. The molecule has 94 valence electrons. The van der Waals surface area contributed by atoms with Gasteiger partial charge in [0.1, 0.15) is 5.60 Å². The fourth-order valence-electron chi connectivity index (χ4n) is 3.27. The van der Waals surface area contributed by atoms with Crippen LogP contribution in [-0.4, -0.2) is 31.9 Å². The van der Waals surface area contributed by atoms with E-state index in [1.54, 1.807) is 16.9 Å². The van der Waals surface area contributed by atoms with Gasteiger partial charge in [0.25, 0.3) is 0 Å². The molecule has 2 aliphatic rings. The van der Waals surface area contributed by atoms with Crippen LogP contribution in [0.3, 0.4) is 0 Å². The molecule has 0 amide bonds. The maximum absolute atomic E-state index is 10.9. The van der Waals surface area contributed by atoms with Crippen molar-refractivity contribution in [2.24, 2.45) is 0 Å². The number of aliphatic hydroxyl groups is 1. The van der Waals surface area contributed by atoms with Gasteiger partial charge >= 0.3 is 0 Å². The van der Waals surface area contributed by atoms with E-state index in [1.807, 2.05) is 12.1 Å². The van der Waals surface area contributed by atoms with Gasteiger partial charge in [0, 0.05) is 19.0 Å². The van der Waals surface area contributed by atoms with E-state index in [9.17, 15) is 5.11 Å². The summed E-state index contributed by atoms with van der Waals surface area (Å²) in [5.41, 5.74) is 0.718. The molecule has 0 aliphatic carbocycles. The number of hydrogen-bond acceptors (Lipinski definition) is 4. The molecule has 2 aliphatic heterocycles. The summed E-state index contributed by atoms with van der Waals surface area (Å²) in [5.74, 6) is 0. The Labute approximate surface area is 104 Å². The van der Waals surface area contributed by atoms with Gasteiger partial charge in [-0.3, -0.25) is 0 Å². The number of nitrogens with zero attached hydrogens (tertiary/aromatic N) is 3. The number of ether oxygens (including phenoxy) is 1. The molecule has 0 spiro atoms. The molecule has 2 fully saturated rings. The Morgan fingerprint density at radius 1 is 1.33 bits per heavy atom. The zero-order valence-corrected chi connectivity index (χ0v) is 9.99. The molecule has 2 aromatic rings. The SMILES string of the molecule is OC1(c2cnc3cccnn23)CC2CCC(C1)O2. The van der Waals surface area contributed by atoms with Crippen LogP contribution >= 0.6 is 0 Å². The Balaban J connectivity index is 1.82. The van der Waals surface area contributed by atoms with Crippen molar-refractivity contribution in [3.63, 3.8) is 0 Å². The molecule has 18 heavy (non-hydrogen) atoms. The molecule has 2 saturated heterocycles. The van der Waals surface area contributed by atoms with Crippen molar-refractivity contribution in [2.45, 2.75) is 43.5 Å². The Morgan fingerprint density at radius 3 is 2.89 bits per heavy atom. The predicted octanol–water partition coefficient (Wildman–Crippen LogP) is 1.26. The van der Waals surface area contributed by atoms with Crippen LogP contribution in [0.1, 0.15) is 31.4 Å². The summed E-state index contributed by atoms with van der Waals surface area (Å²) in [5, 5.41) is 15.2. The maximum Gasteiger partial charge on any atom is 0.153 e. The molecule has 2 bridgehead atoms. The summed E-state index contributed by atoms with van der Waals surface area (Å²) in [6, 6.07) is 3.75. The number of imidazole rings is 1. The minimum absolute atomic E-state index is 0.183. The van der Waals surface area contributed by atoms with E-state index in [0.29, 0.717) is 12.8 Å². The van der Waals surface area contributed by atoms with E-state index in [-0.39, 0.29) is 12.2 Å². The van der Waals surface area contributed by atoms with Crippen molar-refractivity contribution in [3.05, 3.63) is 30.2 Å². The van der Waals surface area contributed by atoms with Crippen LogP contribution in [-0.2, 0) is 10.3 Å². The molecule has 0 aromatic carbocycles. The normalized spacial score (nSPS) is 35.2. The lowest BCUT2D eigenvalue weighted by atomic mass is 9.87. The van der Waals surface area contributed by atoms with Crippen molar-refractivity contribution < 1.29 is 9.84 Å². The van der Waals surface area contributed by atoms with Gasteiger partial charge in [0.2, 0.25) is 0 Å². The Hall–Kier alpha value is -1.46. The van der Waals surface area contributed by atoms with Crippen molar-refractivity contribution in [1.82, 2.24) is 14.6 Å². The summed E-state index contributed by atoms with van der Waals surface area (Å²) < 4.78 is 7.53. The molecule has 0 saturated carbocycles. The lowest BCUT2D eigenvalue weighted by molar-refractivity contribution is -0.118. The molecule has 2 atom stereocenters. The van der Waals surface area contributed by atoms with Crippen LogP contribution < -0.4 is 0 Å². The first-order chi connectivity index (χ1) is 8.74. The molecule has 0 radical (unpaired) electrons. The zero-order chi connectivity index (χ0) is 12.2. The van der Waals surface area contributed by atoms with E-state index in [2.05, 4.69) is 10.1 Å². The second kappa shape index (κ2) is 3.52. The summed E-state index contributed by atoms with van der Waals surface area (Å²) in [6.45, 7) is 0. The molecule has 4 heterocycles.